The van der Waals surface area contributed by atoms with Crippen molar-refractivity contribution in [3.05, 3.63) is 48.6 Å². The monoisotopic (exact) mass is 799 g/mol. The minimum atomic E-state index is -0.793. The van der Waals surface area contributed by atoms with E-state index in [1.165, 1.54) is 96.3 Å². The molecule has 0 radical (unpaired) electrons. The van der Waals surface area contributed by atoms with Crippen molar-refractivity contribution in [2.45, 2.75) is 245 Å². The first-order chi connectivity index (χ1) is 28.0. The molecule has 0 fully saturated rings. The molecule has 0 bridgehead atoms. The van der Waals surface area contributed by atoms with Crippen LogP contribution in [0.15, 0.2) is 48.6 Å². The van der Waals surface area contributed by atoms with Gasteiger partial charge in [-0.25, -0.2) is 0 Å². The van der Waals surface area contributed by atoms with E-state index in [4.69, 9.17) is 14.2 Å². The van der Waals surface area contributed by atoms with Crippen LogP contribution in [-0.4, -0.2) is 37.2 Å². The van der Waals surface area contributed by atoms with E-state index in [0.717, 1.165) is 103 Å². The van der Waals surface area contributed by atoms with Gasteiger partial charge in [-0.1, -0.05) is 179 Å². The molecule has 0 heterocycles. The third-order valence-electron chi connectivity index (χ3n) is 10.3. The van der Waals surface area contributed by atoms with Gasteiger partial charge in [0.05, 0.1) is 0 Å². The highest BCUT2D eigenvalue weighted by Crippen LogP contribution is 2.13. The van der Waals surface area contributed by atoms with Gasteiger partial charge < -0.3 is 14.2 Å². The van der Waals surface area contributed by atoms with Gasteiger partial charge in [0.15, 0.2) is 6.10 Å². The number of allylic oxidation sites excluding steroid dienone is 8. The van der Waals surface area contributed by atoms with Crippen molar-refractivity contribution in [2.75, 3.05) is 13.2 Å². The molecule has 0 aromatic rings. The summed E-state index contributed by atoms with van der Waals surface area (Å²) in [6.07, 6.45) is 53.8. The summed E-state index contributed by atoms with van der Waals surface area (Å²) >= 11 is 0. The SMILES string of the molecule is CCCC/C=C\CCCCCCC(=O)OCC(COC(=O)CCCCC/C=C\C=C/CCCCCCCCC)OC(=O)CCCCC/C=C\CCCCCCCC. The Kier molecular flexibility index (Phi) is 43.9. The molecule has 0 aliphatic rings. The number of hydrogen-bond donors (Lipinski definition) is 0. The van der Waals surface area contributed by atoms with E-state index in [0.29, 0.717) is 19.3 Å². The molecule has 1 unspecified atom stereocenters. The standard InChI is InChI=1S/C51H90O6/c1-4-7-10-13-16-19-22-24-25-26-28-29-32-35-38-41-44-50(53)56-47-48(46-55-49(52)43-40-37-34-31-21-18-15-12-9-6-3)57-51(54)45-42-39-36-33-30-27-23-20-17-14-11-8-5-2/h15,18,25-30,48H,4-14,16-17,19-24,31-47H2,1-3H3/b18-15-,26-25-,29-28-,30-27-. The number of rotatable bonds is 43. The minimum Gasteiger partial charge on any atom is -0.462 e. The van der Waals surface area contributed by atoms with Gasteiger partial charge in [0.1, 0.15) is 13.2 Å². The van der Waals surface area contributed by atoms with Crippen LogP contribution in [0.25, 0.3) is 0 Å². The minimum absolute atomic E-state index is 0.0936. The molecule has 0 spiro atoms. The van der Waals surface area contributed by atoms with Crippen LogP contribution in [0, 0.1) is 0 Å². The van der Waals surface area contributed by atoms with Gasteiger partial charge in [0.2, 0.25) is 0 Å². The molecule has 0 rings (SSSR count). The van der Waals surface area contributed by atoms with Crippen LogP contribution in [0.5, 0.6) is 0 Å². The Bertz CT molecular complexity index is 1010. The summed E-state index contributed by atoms with van der Waals surface area (Å²) in [6, 6.07) is 0. The molecule has 0 amide bonds. The quantitative estimate of drug-likeness (QED) is 0.0201. The topological polar surface area (TPSA) is 78.9 Å². The highest BCUT2D eigenvalue weighted by Gasteiger charge is 2.19. The van der Waals surface area contributed by atoms with E-state index in [-0.39, 0.29) is 31.1 Å². The summed E-state index contributed by atoms with van der Waals surface area (Å²) in [5.41, 5.74) is 0. The van der Waals surface area contributed by atoms with Gasteiger partial charge in [-0.3, -0.25) is 14.4 Å². The van der Waals surface area contributed by atoms with Crippen LogP contribution in [-0.2, 0) is 28.6 Å². The molecule has 0 aromatic heterocycles. The average molecular weight is 799 g/mol. The molecule has 0 saturated carbocycles. The maximum Gasteiger partial charge on any atom is 0.306 e. The van der Waals surface area contributed by atoms with Crippen LogP contribution in [0.4, 0.5) is 0 Å². The second kappa shape index (κ2) is 46.1. The predicted octanol–water partition coefficient (Wildman–Crippen LogP) is 15.5. The van der Waals surface area contributed by atoms with E-state index in [1.807, 2.05) is 0 Å². The molecular weight excluding hydrogens is 709 g/mol. The normalized spacial score (nSPS) is 12.4. The van der Waals surface area contributed by atoms with Crippen molar-refractivity contribution in [1.82, 2.24) is 0 Å². The predicted molar refractivity (Wildman–Crippen MR) is 242 cm³/mol. The zero-order valence-electron chi connectivity index (χ0n) is 37.6. The number of ether oxygens (including phenoxy) is 3. The van der Waals surface area contributed by atoms with Gasteiger partial charge >= 0.3 is 17.9 Å². The molecule has 0 aliphatic heterocycles. The van der Waals surface area contributed by atoms with Gasteiger partial charge in [0.25, 0.3) is 0 Å². The molecule has 1 atom stereocenters. The van der Waals surface area contributed by atoms with Crippen LogP contribution >= 0.6 is 0 Å². The Labute approximate surface area is 352 Å². The summed E-state index contributed by atoms with van der Waals surface area (Å²) < 4.78 is 16.7. The van der Waals surface area contributed by atoms with Crippen molar-refractivity contribution in [2.24, 2.45) is 0 Å². The maximum absolute atomic E-state index is 12.7. The fourth-order valence-corrected chi connectivity index (χ4v) is 6.58. The lowest BCUT2D eigenvalue weighted by Gasteiger charge is -2.18. The van der Waals surface area contributed by atoms with Gasteiger partial charge in [-0.05, 0) is 89.9 Å². The first kappa shape index (κ1) is 54.4. The zero-order valence-corrected chi connectivity index (χ0v) is 37.6. The highest BCUT2D eigenvalue weighted by atomic mass is 16.6. The molecule has 0 N–H and O–H groups in total. The summed E-state index contributed by atoms with van der Waals surface area (Å²) in [7, 11) is 0. The Morgan fingerprint density at radius 2 is 0.649 bits per heavy atom. The van der Waals surface area contributed by atoms with Crippen molar-refractivity contribution in [1.29, 1.82) is 0 Å². The maximum atomic E-state index is 12.7. The molecule has 0 aliphatic carbocycles. The van der Waals surface area contributed by atoms with E-state index >= 15 is 0 Å². The fourth-order valence-electron chi connectivity index (χ4n) is 6.58. The first-order valence-corrected chi connectivity index (χ1v) is 24.2. The molecule has 6 heteroatoms. The first-order valence-electron chi connectivity index (χ1n) is 24.2. The van der Waals surface area contributed by atoms with E-state index in [9.17, 15) is 14.4 Å². The largest absolute Gasteiger partial charge is 0.462 e. The molecule has 330 valence electrons. The van der Waals surface area contributed by atoms with Gasteiger partial charge in [0, 0.05) is 19.3 Å². The number of esters is 3. The number of carbonyl (C=O) groups excluding carboxylic acids is 3. The third-order valence-corrected chi connectivity index (χ3v) is 10.3. The van der Waals surface area contributed by atoms with Gasteiger partial charge in [-0.2, -0.15) is 0 Å². The van der Waals surface area contributed by atoms with Crippen molar-refractivity contribution in [3.8, 4) is 0 Å². The fraction of sp³-hybridized carbons (Fsp3) is 0.784. The second-order valence-corrected chi connectivity index (χ2v) is 16.0. The molecular formula is C51H90O6. The van der Waals surface area contributed by atoms with Crippen LogP contribution in [0.3, 0.4) is 0 Å². The Morgan fingerprint density at radius 3 is 1.05 bits per heavy atom. The zero-order chi connectivity index (χ0) is 41.5. The van der Waals surface area contributed by atoms with E-state index in [1.54, 1.807) is 0 Å². The summed E-state index contributed by atoms with van der Waals surface area (Å²) in [5, 5.41) is 0. The van der Waals surface area contributed by atoms with Crippen LogP contribution in [0.1, 0.15) is 239 Å². The Balaban J connectivity index is 4.43. The van der Waals surface area contributed by atoms with Crippen LogP contribution in [0.2, 0.25) is 0 Å². The average Bonchev–Trinajstić information content (AvgIpc) is 3.21. The lowest BCUT2D eigenvalue weighted by atomic mass is 10.1. The van der Waals surface area contributed by atoms with E-state index in [2.05, 4.69) is 69.4 Å². The Morgan fingerprint density at radius 1 is 0.351 bits per heavy atom. The summed E-state index contributed by atoms with van der Waals surface area (Å²) in [6.45, 7) is 6.53. The lowest BCUT2D eigenvalue weighted by molar-refractivity contribution is -0.167. The second-order valence-electron chi connectivity index (χ2n) is 16.0. The van der Waals surface area contributed by atoms with Crippen LogP contribution < -0.4 is 0 Å². The molecule has 0 aromatic carbocycles. The molecule has 0 saturated heterocycles. The summed E-state index contributed by atoms with van der Waals surface area (Å²) in [5.74, 6) is -0.949. The lowest BCUT2D eigenvalue weighted by Crippen LogP contribution is -2.30. The summed E-state index contributed by atoms with van der Waals surface area (Å²) in [4.78, 5) is 37.8. The highest BCUT2D eigenvalue weighted by molar-refractivity contribution is 5.71. The van der Waals surface area contributed by atoms with Crippen molar-refractivity contribution < 1.29 is 28.6 Å². The van der Waals surface area contributed by atoms with E-state index < -0.39 is 6.10 Å². The third kappa shape index (κ3) is 44.3. The van der Waals surface area contributed by atoms with Gasteiger partial charge in [-0.15, -0.1) is 0 Å². The smallest absolute Gasteiger partial charge is 0.306 e. The number of carbonyl (C=O) groups is 3. The van der Waals surface area contributed by atoms with Crippen molar-refractivity contribution >= 4 is 17.9 Å². The number of unbranched alkanes of at least 4 members (excludes halogenated alkanes) is 25. The molecule has 57 heavy (non-hydrogen) atoms. The molecule has 6 nitrogen and oxygen atoms in total. The van der Waals surface area contributed by atoms with Crippen molar-refractivity contribution in [3.63, 3.8) is 0 Å². The number of hydrogen-bond acceptors (Lipinski definition) is 6. The Hall–Kier alpha value is -2.63.